The van der Waals surface area contributed by atoms with Crippen LogP contribution in [-0.2, 0) is 10.8 Å². The van der Waals surface area contributed by atoms with Crippen molar-refractivity contribution in [2.75, 3.05) is 9.80 Å². The van der Waals surface area contributed by atoms with Gasteiger partial charge in [-0.15, -0.1) is 0 Å². The monoisotopic (exact) mass is 848 g/mol. The summed E-state index contributed by atoms with van der Waals surface area (Å²) in [6, 6.07) is 73.0. The molecule has 2 heteroatoms. The lowest BCUT2D eigenvalue weighted by Crippen LogP contribution is -2.30. The highest BCUT2D eigenvalue weighted by molar-refractivity contribution is 6.07. The third-order valence-electron chi connectivity index (χ3n) is 15.8. The predicted octanol–water partition coefficient (Wildman–Crippen LogP) is 17.6. The van der Waals surface area contributed by atoms with Crippen molar-refractivity contribution in [3.8, 4) is 22.3 Å². The number of fused-ring (bicyclic) bond motifs is 10. The third kappa shape index (κ3) is 5.73. The van der Waals surface area contributed by atoms with E-state index >= 15 is 0 Å². The Bertz CT molecular complexity index is 3340. The minimum absolute atomic E-state index is 0.0395. The van der Waals surface area contributed by atoms with Crippen LogP contribution < -0.4 is 9.80 Å². The number of para-hydroxylation sites is 4. The van der Waals surface area contributed by atoms with Gasteiger partial charge in [-0.3, -0.25) is 0 Å². The van der Waals surface area contributed by atoms with E-state index in [-0.39, 0.29) is 10.8 Å². The molecule has 0 aromatic heterocycles. The fourth-order valence-electron chi connectivity index (χ4n) is 12.6. The van der Waals surface area contributed by atoms with Crippen LogP contribution in [0.25, 0.3) is 45.2 Å². The fraction of sp³-hybridized carbons (Fsp3) is 0.156. The number of nitrogens with zero attached hydrogens (tertiary/aromatic N) is 2. The largest absolute Gasteiger partial charge is 0.310 e. The summed E-state index contributed by atoms with van der Waals surface area (Å²) in [7, 11) is 0. The lowest BCUT2D eigenvalue weighted by atomic mass is 9.73. The molecule has 2 aliphatic heterocycles. The number of rotatable bonds is 5. The topological polar surface area (TPSA) is 6.48 Å². The first-order chi connectivity index (χ1) is 32.4. The molecule has 1 spiro atoms. The lowest BCUT2D eigenvalue weighted by Gasteiger charge is -2.42. The van der Waals surface area contributed by atoms with Crippen LogP contribution >= 0.6 is 0 Å². The van der Waals surface area contributed by atoms with Crippen molar-refractivity contribution >= 4 is 57.0 Å². The number of benzene rings is 9. The Balaban J connectivity index is 0.813. The van der Waals surface area contributed by atoms with Gasteiger partial charge in [-0.05, 0) is 127 Å². The molecule has 0 unspecified atom stereocenters. The second kappa shape index (κ2) is 14.8. The predicted molar refractivity (Wildman–Crippen MR) is 278 cm³/mol. The second-order valence-corrected chi connectivity index (χ2v) is 19.6. The van der Waals surface area contributed by atoms with Crippen LogP contribution in [0, 0.1) is 0 Å². The van der Waals surface area contributed by atoms with Crippen LogP contribution in [0.5, 0.6) is 0 Å². The Labute approximate surface area is 389 Å². The van der Waals surface area contributed by atoms with E-state index < -0.39 is 0 Å². The summed E-state index contributed by atoms with van der Waals surface area (Å²) in [6.45, 7) is 7.06. The zero-order valence-corrected chi connectivity index (χ0v) is 37.9. The van der Waals surface area contributed by atoms with Crippen molar-refractivity contribution in [3.63, 3.8) is 0 Å². The van der Waals surface area contributed by atoms with E-state index in [4.69, 9.17) is 0 Å². The van der Waals surface area contributed by atoms with Crippen molar-refractivity contribution < 1.29 is 0 Å². The van der Waals surface area contributed by atoms with Gasteiger partial charge in [0.05, 0.1) is 17.1 Å². The smallest absolute Gasteiger partial charge is 0.0540 e. The van der Waals surface area contributed by atoms with Crippen molar-refractivity contribution in [2.24, 2.45) is 0 Å². The Kier molecular flexibility index (Phi) is 8.75. The molecule has 0 radical (unpaired) electrons. The summed E-state index contributed by atoms with van der Waals surface area (Å²) in [6.07, 6.45) is 9.51. The molecule has 66 heavy (non-hydrogen) atoms. The Hall–Kier alpha value is -7.42. The molecule has 9 aromatic carbocycles. The Morgan fingerprint density at radius 1 is 0.424 bits per heavy atom. The summed E-state index contributed by atoms with van der Waals surface area (Å²) >= 11 is 0. The maximum absolute atomic E-state index is 2.55. The maximum Gasteiger partial charge on any atom is 0.0540 e. The van der Waals surface area contributed by atoms with Gasteiger partial charge in [-0.1, -0.05) is 197 Å². The molecule has 13 rings (SSSR count). The normalized spacial score (nSPS) is 16.2. The van der Waals surface area contributed by atoms with Crippen molar-refractivity contribution in [3.05, 3.63) is 239 Å². The minimum atomic E-state index is -0.0781. The van der Waals surface area contributed by atoms with Gasteiger partial charge >= 0.3 is 0 Å². The molecule has 2 aliphatic carbocycles. The number of hydrogen-bond donors (Lipinski definition) is 0. The molecule has 1 fully saturated rings. The molecule has 2 nitrogen and oxygen atoms in total. The molecule has 1 saturated carbocycles. The average molecular weight is 849 g/mol. The second-order valence-electron chi connectivity index (χ2n) is 19.6. The van der Waals surface area contributed by atoms with Gasteiger partial charge in [0.2, 0.25) is 0 Å². The molecule has 318 valence electrons. The van der Waals surface area contributed by atoms with E-state index in [1.807, 2.05) is 0 Å². The van der Waals surface area contributed by atoms with Gasteiger partial charge in [-0.2, -0.15) is 0 Å². The SMILES string of the molecule is CC1c2ccccc2N(c2ccc(-c3ccc(C=Cc4ccc5c(c4)C4(CCCC4)c4cc(N6c7ccccc7C(C)(C)c7ccccc76)ccc4-5)cc3)c3ccccc23)c2ccccc21. The standard InChI is InChI=1S/C64H52N2/c1-42-47-16-6-10-22-58(47)66(59-23-11-7-17-48(42)59)60-37-36-49(50-18-4-5-19-53(50)60)45-31-28-43(29-32-45)26-27-44-30-34-51-52-35-33-46(41-57(52)64(56(51)40-44)38-14-15-39-64)65-61-24-12-8-20-54(61)63(2,3)55-21-9-13-25-62(55)65/h4-13,16-37,40-42H,14-15,38-39H2,1-3H3. The zero-order chi connectivity index (χ0) is 44.1. The molecule has 0 bridgehead atoms. The summed E-state index contributed by atoms with van der Waals surface area (Å²) in [4.78, 5) is 5.00. The summed E-state index contributed by atoms with van der Waals surface area (Å²) < 4.78 is 0. The molecule has 0 amide bonds. The van der Waals surface area contributed by atoms with Crippen LogP contribution in [0.3, 0.4) is 0 Å². The van der Waals surface area contributed by atoms with Gasteiger partial charge in [-0.25, -0.2) is 0 Å². The first-order valence-corrected chi connectivity index (χ1v) is 24.0. The highest BCUT2D eigenvalue weighted by Crippen LogP contribution is 2.59. The van der Waals surface area contributed by atoms with E-state index in [9.17, 15) is 0 Å². The van der Waals surface area contributed by atoms with Crippen molar-refractivity contribution in [1.29, 1.82) is 0 Å². The minimum Gasteiger partial charge on any atom is -0.310 e. The van der Waals surface area contributed by atoms with E-state index in [1.165, 1.54) is 137 Å². The van der Waals surface area contributed by atoms with Gasteiger partial charge in [0.15, 0.2) is 0 Å². The maximum atomic E-state index is 2.55. The van der Waals surface area contributed by atoms with E-state index in [0.29, 0.717) is 5.92 Å². The van der Waals surface area contributed by atoms with Crippen molar-refractivity contribution in [2.45, 2.75) is 63.2 Å². The molecule has 9 aromatic rings. The van der Waals surface area contributed by atoms with Crippen LogP contribution in [0.4, 0.5) is 34.1 Å². The molecule has 2 heterocycles. The summed E-state index contributed by atoms with van der Waals surface area (Å²) in [5.41, 5.74) is 23.7. The zero-order valence-electron chi connectivity index (χ0n) is 37.9. The molecular weight excluding hydrogens is 797 g/mol. The van der Waals surface area contributed by atoms with Gasteiger partial charge in [0.1, 0.15) is 0 Å². The van der Waals surface area contributed by atoms with Crippen LogP contribution in [-0.4, -0.2) is 0 Å². The van der Waals surface area contributed by atoms with E-state index in [2.05, 4.69) is 237 Å². The van der Waals surface area contributed by atoms with E-state index in [0.717, 1.165) is 0 Å². The lowest BCUT2D eigenvalue weighted by molar-refractivity contribution is 0.550. The number of anilines is 6. The summed E-state index contributed by atoms with van der Waals surface area (Å²) in [5.74, 6) is 0.334. The van der Waals surface area contributed by atoms with Crippen LogP contribution in [0.1, 0.15) is 96.9 Å². The quantitative estimate of drug-likeness (QED) is 0.159. The van der Waals surface area contributed by atoms with Crippen molar-refractivity contribution in [1.82, 2.24) is 0 Å². The van der Waals surface area contributed by atoms with E-state index in [1.54, 1.807) is 0 Å². The number of hydrogen-bond acceptors (Lipinski definition) is 2. The first-order valence-electron chi connectivity index (χ1n) is 24.0. The molecular formula is C64H52N2. The molecule has 0 saturated heterocycles. The molecule has 0 N–H and O–H groups in total. The molecule has 0 atom stereocenters. The third-order valence-corrected chi connectivity index (χ3v) is 15.8. The van der Waals surface area contributed by atoms with Crippen LogP contribution in [0.15, 0.2) is 194 Å². The highest BCUT2D eigenvalue weighted by atomic mass is 15.2. The average Bonchev–Trinajstić information content (AvgIpc) is 3.97. The Morgan fingerprint density at radius 3 is 1.61 bits per heavy atom. The van der Waals surface area contributed by atoms with Crippen LogP contribution in [0.2, 0.25) is 0 Å². The van der Waals surface area contributed by atoms with Gasteiger partial charge in [0.25, 0.3) is 0 Å². The fourth-order valence-corrected chi connectivity index (χ4v) is 12.6. The molecule has 4 aliphatic rings. The highest BCUT2D eigenvalue weighted by Gasteiger charge is 2.46. The van der Waals surface area contributed by atoms with Gasteiger partial charge in [0, 0.05) is 39.2 Å². The summed E-state index contributed by atoms with van der Waals surface area (Å²) in [5, 5.41) is 2.51. The van der Waals surface area contributed by atoms with Gasteiger partial charge < -0.3 is 9.80 Å². The Morgan fingerprint density at radius 2 is 0.939 bits per heavy atom. The first kappa shape index (κ1) is 39.0.